The third-order valence-corrected chi connectivity index (χ3v) is 4.88. The molecule has 0 unspecified atom stereocenters. The lowest BCUT2D eigenvalue weighted by atomic mass is 10.2. The fourth-order valence-corrected chi connectivity index (χ4v) is 3.43. The van der Waals surface area contributed by atoms with E-state index in [-0.39, 0.29) is 0 Å². The minimum Gasteiger partial charge on any atom is -0.182 e. The minimum atomic E-state index is 0.664. The van der Waals surface area contributed by atoms with E-state index in [1.165, 1.54) is 11.3 Å². The Labute approximate surface area is 143 Å². The zero-order valence-corrected chi connectivity index (χ0v) is 14.2. The molecule has 0 bridgehead atoms. The molecule has 0 saturated carbocycles. The molecule has 4 rings (SSSR count). The largest absolute Gasteiger partial charge is 0.235 e. The Balaban J connectivity index is 1.84. The van der Waals surface area contributed by atoms with Gasteiger partial charge >= 0.3 is 0 Å². The third kappa shape index (κ3) is 2.43. The predicted octanol–water partition coefficient (Wildman–Crippen LogP) is 4.94. The number of rotatable bonds is 2. The van der Waals surface area contributed by atoms with Gasteiger partial charge in [0.25, 0.3) is 0 Å². The number of hydrogen-bond acceptors (Lipinski definition) is 4. The third-order valence-electron chi connectivity index (χ3n) is 3.16. The van der Waals surface area contributed by atoms with Crippen molar-refractivity contribution in [2.24, 2.45) is 0 Å². The first kappa shape index (κ1) is 13.9. The Morgan fingerprint density at radius 3 is 2.59 bits per heavy atom. The van der Waals surface area contributed by atoms with Crippen LogP contribution < -0.4 is 0 Å². The van der Waals surface area contributed by atoms with Crippen LogP contribution in [-0.2, 0) is 0 Å². The van der Waals surface area contributed by atoms with Gasteiger partial charge in [-0.15, -0.1) is 10.2 Å². The summed E-state index contributed by atoms with van der Waals surface area (Å²) in [6, 6.07) is 15.6. The number of halogens is 2. The topological polar surface area (TPSA) is 43.1 Å². The second-order valence-corrected chi connectivity index (χ2v) is 6.95. The summed E-state index contributed by atoms with van der Waals surface area (Å²) in [7, 11) is 0. The molecule has 0 saturated heterocycles. The quantitative estimate of drug-likeness (QED) is 0.486. The zero-order valence-electron chi connectivity index (χ0n) is 11.1. The van der Waals surface area contributed by atoms with Crippen LogP contribution in [0.3, 0.4) is 0 Å². The molecule has 2 aromatic carbocycles. The second-order valence-electron chi connectivity index (χ2n) is 4.64. The summed E-state index contributed by atoms with van der Waals surface area (Å²) in [6.07, 6.45) is 0. The lowest BCUT2D eigenvalue weighted by Gasteiger charge is -1.98. The number of aromatic nitrogens is 4. The van der Waals surface area contributed by atoms with E-state index < -0.39 is 0 Å². The van der Waals surface area contributed by atoms with Gasteiger partial charge < -0.3 is 0 Å². The van der Waals surface area contributed by atoms with Crippen LogP contribution in [-0.4, -0.2) is 19.8 Å². The standard InChI is InChI=1S/C15H8BrClN4S/c16-11-6-4-9(5-7-11)14-20-21-13(18-19-15(21)22-14)10-2-1-3-12(17)8-10/h1-8H. The van der Waals surface area contributed by atoms with Gasteiger partial charge in [0.2, 0.25) is 4.96 Å². The highest BCUT2D eigenvalue weighted by Crippen LogP contribution is 2.29. The zero-order chi connectivity index (χ0) is 15.1. The molecule has 0 amide bonds. The lowest BCUT2D eigenvalue weighted by Crippen LogP contribution is -1.90. The van der Waals surface area contributed by atoms with Gasteiger partial charge in [-0.1, -0.05) is 63.1 Å². The SMILES string of the molecule is Clc1cccc(-c2nnc3sc(-c4ccc(Br)cc4)nn23)c1. The van der Waals surface area contributed by atoms with Crippen molar-refractivity contribution in [3.63, 3.8) is 0 Å². The minimum absolute atomic E-state index is 0.664. The monoisotopic (exact) mass is 390 g/mol. The van der Waals surface area contributed by atoms with E-state index in [4.69, 9.17) is 11.6 Å². The number of fused-ring (bicyclic) bond motifs is 1. The first-order chi connectivity index (χ1) is 10.7. The Kier molecular flexibility index (Phi) is 3.44. The molecule has 2 aromatic heterocycles. The average Bonchev–Trinajstić information content (AvgIpc) is 3.08. The highest BCUT2D eigenvalue weighted by molar-refractivity contribution is 9.10. The van der Waals surface area contributed by atoms with Crippen LogP contribution in [0.5, 0.6) is 0 Å². The van der Waals surface area contributed by atoms with E-state index in [0.717, 1.165) is 25.6 Å². The molecule has 0 aliphatic rings. The average molecular weight is 392 g/mol. The Morgan fingerprint density at radius 1 is 1.00 bits per heavy atom. The second kappa shape index (κ2) is 5.46. The molecule has 0 N–H and O–H groups in total. The summed E-state index contributed by atoms with van der Waals surface area (Å²) in [4.78, 5) is 0.757. The van der Waals surface area contributed by atoms with E-state index >= 15 is 0 Å². The molecule has 0 spiro atoms. The van der Waals surface area contributed by atoms with Gasteiger partial charge in [-0.2, -0.15) is 9.61 Å². The van der Waals surface area contributed by atoms with E-state index in [0.29, 0.717) is 10.8 Å². The first-order valence-corrected chi connectivity index (χ1v) is 8.43. The van der Waals surface area contributed by atoms with Crippen LogP contribution in [0.2, 0.25) is 5.02 Å². The summed E-state index contributed by atoms with van der Waals surface area (Å²) in [5.41, 5.74) is 1.95. The lowest BCUT2D eigenvalue weighted by molar-refractivity contribution is 0.970. The van der Waals surface area contributed by atoms with E-state index in [1.54, 1.807) is 4.52 Å². The Bertz CT molecular complexity index is 961. The van der Waals surface area contributed by atoms with Crippen molar-refractivity contribution in [1.29, 1.82) is 0 Å². The van der Waals surface area contributed by atoms with Gasteiger partial charge in [-0.05, 0) is 24.3 Å². The molecular weight excluding hydrogens is 384 g/mol. The molecule has 0 fully saturated rings. The maximum Gasteiger partial charge on any atom is 0.235 e. The normalized spacial score (nSPS) is 11.2. The number of nitrogens with zero attached hydrogens (tertiary/aromatic N) is 4. The van der Waals surface area contributed by atoms with Crippen molar-refractivity contribution in [3.8, 4) is 22.0 Å². The molecule has 7 heteroatoms. The smallest absolute Gasteiger partial charge is 0.182 e. The van der Waals surface area contributed by atoms with Crippen LogP contribution in [0, 0.1) is 0 Å². The summed E-state index contributed by atoms with van der Waals surface area (Å²) in [5, 5.41) is 14.6. The fourth-order valence-electron chi connectivity index (χ4n) is 2.13. The summed E-state index contributed by atoms with van der Waals surface area (Å²) in [6.45, 7) is 0. The van der Waals surface area contributed by atoms with Crippen molar-refractivity contribution in [2.45, 2.75) is 0 Å². The molecule has 2 heterocycles. The van der Waals surface area contributed by atoms with Gasteiger partial charge in [0.15, 0.2) is 5.82 Å². The van der Waals surface area contributed by atoms with Crippen molar-refractivity contribution in [3.05, 3.63) is 58.0 Å². The van der Waals surface area contributed by atoms with Crippen molar-refractivity contribution in [1.82, 2.24) is 19.8 Å². The van der Waals surface area contributed by atoms with Crippen molar-refractivity contribution >= 4 is 43.8 Å². The highest BCUT2D eigenvalue weighted by Gasteiger charge is 2.14. The number of benzene rings is 2. The molecule has 108 valence electrons. The van der Waals surface area contributed by atoms with Crippen LogP contribution >= 0.6 is 38.9 Å². The molecular formula is C15H8BrClN4S. The van der Waals surface area contributed by atoms with Crippen LogP contribution in [0.1, 0.15) is 0 Å². The molecule has 4 nitrogen and oxygen atoms in total. The van der Waals surface area contributed by atoms with Crippen LogP contribution in [0.15, 0.2) is 53.0 Å². The number of hydrogen-bond donors (Lipinski definition) is 0. The molecule has 0 aliphatic heterocycles. The van der Waals surface area contributed by atoms with E-state index in [1.807, 2.05) is 48.5 Å². The maximum absolute atomic E-state index is 6.05. The van der Waals surface area contributed by atoms with Crippen molar-refractivity contribution < 1.29 is 0 Å². The van der Waals surface area contributed by atoms with Crippen LogP contribution in [0.25, 0.3) is 26.9 Å². The molecule has 0 atom stereocenters. The molecule has 0 aliphatic carbocycles. The predicted molar refractivity (Wildman–Crippen MR) is 92.2 cm³/mol. The highest BCUT2D eigenvalue weighted by atomic mass is 79.9. The summed E-state index contributed by atoms with van der Waals surface area (Å²) in [5.74, 6) is 0.692. The molecule has 22 heavy (non-hydrogen) atoms. The van der Waals surface area contributed by atoms with Gasteiger partial charge in [0.1, 0.15) is 5.01 Å². The van der Waals surface area contributed by atoms with Gasteiger partial charge in [0, 0.05) is 20.6 Å². The molecule has 4 aromatic rings. The van der Waals surface area contributed by atoms with Crippen molar-refractivity contribution in [2.75, 3.05) is 0 Å². The fraction of sp³-hybridized carbons (Fsp3) is 0. The van der Waals surface area contributed by atoms with E-state index in [2.05, 4.69) is 31.2 Å². The van der Waals surface area contributed by atoms with Gasteiger partial charge in [0.05, 0.1) is 0 Å². The Morgan fingerprint density at radius 2 is 1.82 bits per heavy atom. The van der Waals surface area contributed by atoms with E-state index in [9.17, 15) is 0 Å². The van der Waals surface area contributed by atoms with Crippen LogP contribution in [0.4, 0.5) is 0 Å². The van der Waals surface area contributed by atoms with Gasteiger partial charge in [-0.25, -0.2) is 0 Å². The maximum atomic E-state index is 6.05. The molecule has 0 radical (unpaired) electrons. The van der Waals surface area contributed by atoms with Gasteiger partial charge in [-0.3, -0.25) is 0 Å². The Hall–Kier alpha value is -1.76. The summed E-state index contributed by atoms with van der Waals surface area (Å²) < 4.78 is 2.80. The summed E-state index contributed by atoms with van der Waals surface area (Å²) >= 11 is 11.0. The first-order valence-electron chi connectivity index (χ1n) is 6.45.